The normalized spacial score (nSPS) is 19.4. The van der Waals surface area contributed by atoms with E-state index in [4.69, 9.17) is 5.73 Å². The van der Waals surface area contributed by atoms with Gasteiger partial charge in [-0.3, -0.25) is 0 Å². The van der Waals surface area contributed by atoms with Crippen LogP contribution in [0.1, 0.15) is 13.3 Å². The Morgan fingerprint density at radius 1 is 1.71 bits per heavy atom. The van der Waals surface area contributed by atoms with Crippen molar-refractivity contribution < 1.29 is 4.79 Å². The van der Waals surface area contributed by atoms with Crippen molar-refractivity contribution in [1.82, 2.24) is 15.1 Å². The lowest BCUT2D eigenvalue weighted by molar-refractivity contribution is 0.192. The Morgan fingerprint density at radius 2 is 2.53 bits per heavy atom. The quantitative estimate of drug-likeness (QED) is 0.825. The van der Waals surface area contributed by atoms with E-state index in [-0.39, 0.29) is 12.1 Å². The van der Waals surface area contributed by atoms with Crippen LogP contribution in [-0.2, 0) is 0 Å². The van der Waals surface area contributed by atoms with Gasteiger partial charge in [-0.25, -0.2) is 4.79 Å². The van der Waals surface area contributed by atoms with Crippen LogP contribution in [0.4, 0.5) is 10.6 Å². The molecule has 0 saturated carbocycles. The van der Waals surface area contributed by atoms with Crippen molar-refractivity contribution in [3.63, 3.8) is 0 Å². The van der Waals surface area contributed by atoms with Crippen molar-refractivity contribution in [1.29, 1.82) is 0 Å². The van der Waals surface area contributed by atoms with E-state index in [1.807, 2.05) is 19.1 Å². The Morgan fingerprint density at radius 3 is 3.12 bits per heavy atom. The number of primary amides is 1. The van der Waals surface area contributed by atoms with Crippen LogP contribution in [0.15, 0.2) is 18.3 Å². The zero-order valence-corrected chi connectivity index (χ0v) is 9.91. The number of likely N-dealkylation sites (N-methyl/N-ethyl adjacent to an activating group) is 1. The molecule has 0 spiro atoms. The molecular weight excluding hydrogens is 218 g/mol. The summed E-state index contributed by atoms with van der Waals surface area (Å²) in [6.45, 7) is 4.24. The van der Waals surface area contributed by atoms with Crippen molar-refractivity contribution >= 4 is 11.8 Å². The molecule has 6 heteroatoms. The number of aromatic nitrogens is 2. The Balaban J connectivity index is 2.02. The lowest BCUT2D eigenvalue weighted by Crippen LogP contribution is -2.44. The second-order valence-corrected chi connectivity index (χ2v) is 4.09. The van der Waals surface area contributed by atoms with Gasteiger partial charge in [0.25, 0.3) is 0 Å². The molecule has 0 unspecified atom stereocenters. The zero-order valence-electron chi connectivity index (χ0n) is 9.91. The monoisotopic (exact) mass is 235 g/mol. The van der Waals surface area contributed by atoms with Gasteiger partial charge in [-0.05, 0) is 25.5 Å². The maximum absolute atomic E-state index is 11.3. The molecule has 1 aliphatic rings. The Kier molecular flexibility index (Phi) is 3.41. The van der Waals surface area contributed by atoms with Crippen LogP contribution in [0.25, 0.3) is 0 Å². The van der Waals surface area contributed by atoms with E-state index in [1.54, 1.807) is 11.1 Å². The topological polar surface area (TPSA) is 75.3 Å². The lowest BCUT2D eigenvalue weighted by Gasteiger charge is -2.26. The molecule has 1 fully saturated rings. The molecule has 1 aromatic rings. The number of nitrogens with two attached hydrogens (primary N) is 1. The molecule has 6 nitrogen and oxygen atoms in total. The molecule has 1 aliphatic heterocycles. The van der Waals surface area contributed by atoms with Gasteiger partial charge in [-0.2, -0.15) is 5.10 Å². The highest BCUT2D eigenvalue weighted by Crippen LogP contribution is 2.20. The van der Waals surface area contributed by atoms with Gasteiger partial charge in [-0.1, -0.05) is 0 Å². The summed E-state index contributed by atoms with van der Waals surface area (Å²) in [4.78, 5) is 15.1. The minimum atomic E-state index is -0.349. The number of hydrogen-bond donors (Lipinski definition) is 1. The summed E-state index contributed by atoms with van der Waals surface area (Å²) in [5.74, 6) is 0.857. The first-order valence-electron chi connectivity index (χ1n) is 5.81. The Labute approximate surface area is 100 Å². The van der Waals surface area contributed by atoms with Gasteiger partial charge >= 0.3 is 6.03 Å². The summed E-state index contributed by atoms with van der Waals surface area (Å²) in [5, 5.41) is 7.92. The number of urea groups is 1. The molecule has 2 heterocycles. The van der Waals surface area contributed by atoms with E-state index in [9.17, 15) is 4.79 Å². The van der Waals surface area contributed by atoms with Crippen molar-refractivity contribution in [2.45, 2.75) is 19.4 Å². The third-order valence-electron chi connectivity index (χ3n) is 3.11. The molecule has 92 valence electrons. The second-order valence-electron chi connectivity index (χ2n) is 4.09. The highest BCUT2D eigenvalue weighted by molar-refractivity contribution is 5.72. The number of nitrogens with zero attached hydrogens (tertiary/aromatic N) is 4. The SMILES string of the molecule is CCN(C(N)=O)[C@H]1CCN(c2cccnn2)C1. The van der Waals surface area contributed by atoms with Crippen molar-refractivity contribution in [3.8, 4) is 0 Å². The van der Waals surface area contributed by atoms with Gasteiger partial charge in [-0.15, -0.1) is 5.10 Å². The first-order valence-corrected chi connectivity index (χ1v) is 5.81. The molecule has 2 rings (SSSR count). The summed E-state index contributed by atoms with van der Waals surface area (Å²) in [6, 6.07) is 3.62. The minimum absolute atomic E-state index is 0.180. The molecule has 0 radical (unpaired) electrons. The minimum Gasteiger partial charge on any atom is -0.353 e. The Bertz CT molecular complexity index is 383. The third kappa shape index (κ3) is 2.46. The molecule has 2 amide bonds. The maximum atomic E-state index is 11.3. The van der Waals surface area contributed by atoms with E-state index in [1.165, 1.54) is 0 Å². The maximum Gasteiger partial charge on any atom is 0.315 e. The number of amides is 2. The average Bonchev–Trinajstić information content (AvgIpc) is 2.80. The van der Waals surface area contributed by atoms with Crippen LogP contribution in [0.3, 0.4) is 0 Å². The van der Waals surface area contributed by atoms with Crippen LogP contribution >= 0.6 is 0 Å². The molecular formula is C11H17N5O. The van der Waals surface area contributed by atoms with Gasteiger partial charge in [0.1, 0.15) is 0 Å². The largest absolute Gasteiger partial charge is 0.353 e. The number of carbonyl (C=O) groups is 1. The van der Waals surface area contributed by atoms with E-state index >= 15 is 0 Å². The number of anilines is 1. The van der Waals surface area contributed by atoms with Crippen LogP contribution in [0.2, 0.25) is 0 Å². The standard InChI is InChI=1S/C11H17N5O/c1-2-16(11(12)17)9-5-7-15(8-9)10-4-3-6-13-14-10/h3-4,6,9H,2,5,7-8H2,1H3,(H2,12,17)/t9-/m0/s1. The summed E-state index contributed by atoms with van der Waals surface area (Å²) in [7, 11) is 0. The van der Waals surface area contributed by atoms with Gasteiger partial charge in [0.2, 0.25) is 0 Å². The molecule has 1 atom stereocenters. The number of carbonyl (C=O) groups excluding carboxylic acids is 1. The van der Waals surface area contributed by atoms with Crippen molar-refractivity contribution in [2.75, 3.05) is 24.5 Å². The van der Waals surface area contributed by atoms with E-state index < -0.39 is 0 Å². The molecule has 2 N–H and O–H groups in total. The predicted octanol–water partition coefficient (Wildman–Crippen LogP) is 0.456. The van der Waals surface area contributed by atoms with E-state index in [0.29, 0.717) is 6.54 Å². The Hall–Kier alpha value is -1.85. The molecule has 0 bridgehead atoms. The van der Waals surface area contributed by atoms with Gasteiger partial charge in [0.15, 0.2) is 5.82 Å². The van der Waals surface area contributed by atoms with Crippen LogP contribution in [0, 0.1) is 0 Å². The van der Waals surface area contributed by atoms with Crippen LogP contribution in [-0.4, -0.2) is 46.8 Å². The first-order chi connectivity index (χ1) is 8.22. The van der Waals surface area contributed by atoms with E-state index in [2.05, 4.69) is 15.1 Å². The average molecular weight is 235 g/mol. The molecule has 0 aliphatic carbocycles. The number of rotatable bonds is 3. The fourth-order valence-electron chi connectivity index (χ4n) is 2.26. The van der Waals surface area contributed by atoms with Gasteiger partial charge in [0, 0.05) is 25.8 Å². The van der Waals surface area contributed by atoms with Crippen molar-refractivity contribution in [2.24, 2.45) is 5.73 Å². The summed E-state index contributed by atoms with van der Waals surface area (Å²) < 4.78 is 0. The van der Waals surface area contributed by atoms with Crippen LogP contribution < -0.4 is 10.6 Å². The highest BCUT2D eigenvalue weighted by Gasteiger charge is 2.29. The summed E-state index contributed by atoms with van der Waals surface area (Å²) in [5.41, 5.74) is 5.35. The molecule has 1 aromatic heterocycles. The van der Waals surface area contributed by atoms with Crippen LogP contribution in [0.5, 0.6) is 0 Å². The summed E-state index contributed by atoms with van der Waals surface area (Å²) in [6.07, 6.45) is 2.58. The molecule has 0 aromatic carbocycles. The van der Waals surface area contributed by atoms with Crippen molar-refractivity contribution in [3.05, 3.63) is 18.3 Å². The molecule has 1 saturated heterocycles. The fourth-order valence-corrected chi connectivity index (χ4v) is 2.26. The molecule has 17 heavy (non-hydrogen) atoms. The second kappa shape index (κ2) is 4.99. The predicted molar refractivity (Wildman–Crippen MR) is 64.6 cm³/mol. The summed E-state index contributed by atoms with van der Waals surface area (Å²) >= 11 is 0. The zero-order chi connectivity index (χ0) is 12.3. The lowest BCUT2D eigenvalue weighted by atomic mass is 10.2. The van der Waals surface area contributed by atoms with Gasteiger partial charge in [0.05, 0.1) is 6.04 Å². The van der Waals surface area contributed by atoms with E-state index in [0.717, 1.165) is 25.3 Å². The third-order valence-corrected chi connectivity index (χ3v) is 3.11. The highest BCUT2D eigenvalue weighted by atomic mass is 16.2. The smallest absolute Gasteiger partial charge is 0.315 e. The number of hydrogen-bond acceptors (Lipinski definition) is 4. The van der Waals surface area contributed by atoms with Gasteiger partial charge < -0.3 is 15.5 Å². The first kappa shape index (κ1) is 11.6. The fraction of sp³-hybridized carbons (Fsp3) is 0.545.